The molecule has 3 rings (SSSR count). The first-order valence-electron chi connectivity index (χ1n) is 6.29. The summed E-state index contributed by atoms with van der Waals surface area (Å²) in [6, 6.07) is 14.1. The van der Waals surface area contributed by atoms with Gasteiger partial charge in [0.15, 0.2) is 5.65 Å². The third-order valence-electron chi connectivity index (χ3n) is 2.98. The van der Waals surface area contributed by atoms with Crippen LogP contribution in [0.5, 0.6) is 0 Å². The van der Waals surface area contributed by atoms with E-state index in [1.165, 1.54) is 0 Å². The first kappa shape index (κ1) is 11.6. The molecule has 2 heterocycles. The molecule has 0 fully saturated rings. The maximum atomic E-state index is 4.58. The fourth-order valence-corrected chi connectivity index (χ4v) is 2.08. The highest BCUT2D eigenvalue weighted by Gasteiger charge is 2.09. The summed E-state index contributed by atoms with van der Waals surface area (Å²) >= 11 is 0. The summed E-state index contributed by atoms with van der Waals surface area (Å²) in [5, 5.41) is 0. The average Bonchev–Trinajstić information content (AvgIpc) is 2.49. The summed E-state index contributed by atoms with van der Waals surface area (Å²) in [6.07, 6.45) is 3.34. The number of fused-ring (bicyclic) bond motifs is 1. The van der Waals surface area contributed by atoms with Crippen molar-refractivity contribution >= 4 is 22.7 Å². The Morgan fingerprint density at radius 3 is 2.53 bits per heavy atom. The molecule has 0 aliphatic carbocycles. The second-order valence-electron chi connectivity index (χ2n) is 4.15. The normalized spacial score (nSPS) is 10.6. The summed E-state index contributed by atoms with van der Waals surface area (Å²) in [7, 11) is 0. The topological polar surface area (TPSA) is 41.9 Å². The van der Waals surface area contributed by atoms with Crippen molar-refractivity contribution in [3.63, 3.8) is 0 Å². The minimum absolute atomic E-state index is 0.675. The van der Waals surface area contributed by atoms with E-state index in [9.17, 15) is 0 Å². The number of aromatic nitrogens is 3. The second kappa shape index (κ2) is 5.02. The van der Waals surface area contributed by atoms with E-state index in [0.29, 0.717) is 5.65 Å². The highest BCUT2D eigenvalue weighted by atomic mass is 15.2. The third-order valence-corrected chi connectivity index (χ3v) is 2.98. The van der Waals surface area contributed by atoms with Crippen LogP contribution in [0.2, 0.25) is 0 Å². The Morgan fingerprint density at radius 1 is 0.947 bits per heavy atom. The minimum Gasteiger partial charge on any atom is -0.327 e. The van der Waals surface area contributed by atoms with E-state index in [1.54, 1.807) is 12.4 Å². The van der Waals surface area contributed by atoms with Gasteiger partial charge in [-0.15, -0.1) is 0 Å². The zero-order valence-corrected chi connectivity index (χ0v) is 10.7. The maximum Gasteiger partial charge on any atom is 0.180 e. The molecule has 2 aromatic heterocycles. The molecule has 0 aliphatic heterocycles. The van der Waals surface area contributed by atoms with Crippen molar-refractivity contribution < 1.29 is 0 Å². The van der Waals surface area contributed by atoms with Crippen LogP contribution in [-0.4, -0.2) is 21.5 Å². The van der Waals surface area contributed by atoms with E-state index >= 15 is 0 Å². The van der Waals surface area contributed by atoms with Crippen LogP contribution in [-0.2, 0) is 0 Å². The molecule has 0 saturated heterocycles. The highest BCUT2D eigenvalue weighted by molar-refractivity contribution is 5.73. The molecular formula is C15H14N4. The predicted molar refractivity (Wildman–Crippen MR) is 76.5 cm³/mol. The number of rotatable bonds is 3. The van der Waals surface area contributed by atoms with E-state index in [1.807, 2.05) is 30.3 Å². The lowest BCUT2D eigenvalue weighted by Crippen LogP contribution is -2.17. The molecule has 0 spiro atoms. The Morgan fingerprint density at radius 2 is 1.74 bits per heavy atom. The molecule has 0 aliphatic rings. The summed E-state index contributed by atoms with van der Waals surface area (Å²) in [5.74, 6) is 0.890. The molecule has 0 unspecified atom stereocenters. The monoisotopic (exact) mass is 250 g/mol. The van der Waals surface area contributed by atoms with Crippen LogP contribution in [0.3, 0.4) is 0 Å². The number of para-hydroxylation sites is 1. The molecule has 94 valence electrons. The molecule has 0 bridgehead atoms. The molecule has 1 aromatic carbocycles. The summed E-state index contributed by atoms with van der Waals surface area (Å²) < 4.78 is 0. The van der Waals surface area contributed by atoms with Gasteiger partial charge < -0.3 is 4.90 Å². The van der Waals surface area contributed by atoms with Gasteiger partial charge in [-0.3, -0.25) is 4.98 Å². The van der Waals surface area contributed by atoms with E-state index in [-0.39, 0.29) is 0 Å². The predicted octanol–water partition coefficient (Wildman–Crippen LogP) is 3.18. The van der Waals surface area contributed by atoms with Crippen LogP contribution in [0, 0.1) is 0 Å². The minimum atomic E-state index is 0.675. The van der Waals surface area contributed by atoms with E-state index in [0.717, 1.165) is 23.6 Å². The zero-order chi connectivity index (χ0) is 13.1. The standard InChI is InChI=1S/C15H14N4/c1-2-19(12-6-4-3-5-7-12)14-9-8-13-15(18-14)17-11-10-16-13/h3-11H,2H2,1H3. The van der Waals surface area contributed by atoms with E-state index in [2.05, 4.69) is 38.9 Å². The Labute approximate surface area is 111 Å². The summed E-state index contributed by atoms with van der Waals surface area (Å²) in [5.41, 5.74) is 2.62. The fraction of sp³-hybridized carbons (Fsp3) is 0.133. The summed E-state index contributed by atoms with van der Waals surface area (Å²) in [4.78, 5) is 15.2. The van der Waals surface area contributed by atoms with Gasteiger partial charge in [0.05, 0.1) is 0 Å². The Kier molecular flexibility index (Phi) is 3.06. The molecule has 0 radical (unpaired) electrons. The molecular weight excluding hydrogens is 236 g/mol. The Balaban J connectivity index is 2.06. The second-order valence-corrected chi connectivity index (χ2v) is 4.15. The van der Waals surface area contributed by atoms with Crippen molar-refractivity contribution in [2.24, 2.45) is 0 Å². The SMILES string of the molecule is CCN(c1ccccc1)c1ccc2nccnc2n1. The van der Waals surface area contributed by atoms with Crippen LogP contribution >= 0.6 is 0 Å². The quantitative estimate of drug-likeness (QED) is 0.716. The first-order chi connectivity index (χ1) is 9.38. The lowest BCUT2D eigenvalue weighted by atomic mass is 10.2. The van der Waals surface area contributed by atoms with E-state index < -0.39 is 0 Å². The van der Waals surface area contributed by atoms with Crippen LogP contribution in [0.25, 0.3) is 11.2 Å². The van der Waals surface area contributed by atoms with Crippen LogP contribution < -0.4 is 4.90 Å². The lowest BCUT2D eigenvalue weighted by Gasteiger charge is -2.22. The van der Waals surface area contributed by atoms with Crippen molar-refractivity contribution in [1.82, 2.24) is 15.0 Å². The first-order valence-corrected chi connectivity index (χ1v) is 6.29. The largest absolute Gasteiger partial charge is 0.327 e. The number of pyridine rings is 1. The molecule has 19 heavy (non-hydrogen) atoms. The Hall–Kier alpha value is -2.49. The van der Waals surface area contributed by atoms with Crippen molar-refractivity contribution in [2.45, 2.75) is 6.92 Å². The van der Waals surface area contributed by atoms with Crippen molar-refractivity contribution in [3.8, 4) is 0 Å². The number of anilines is 2. The maximum absolute atomic E-state index is 4.58. The van der Waals surface area contributed by atoms with Crippen molar-refractivity contribution in [1.29, 1.82) is 0 Å². The van der Waals surface area contributed by atoms with Gasteiger partial charge >= 0.3 is 0 Å². The molecule has 4 nitrogen and oxygen atoms in total. The smallest absolute Gasteiger partial charge is 0.180 e. The third kappa shape index (κ3) is 2.25. The van der Waals surface area contributed by atoms with Gasteiger partial charge in [-0.2, -0.15) is 0 Å². The number of benzene rings is 1. The van der Waals surface area contributed by atoms with Crippen LogP contribution in [0.4, 0.5) is 11.5 Å². The number of nitrogens with zero attached hydrogens (tertiary/aromatic N) is 4. The Bertz CT molecular complexity index is 682. The van der Waals surface area contributed by atoms with Gasteiger partial charge in [0.1, 0.15) is 11.3 Å². The van der Waals surface area contributed by atoms with Crippen molar-refractivity contribution in [2.75, 3.05) is 11.4 Å². The molecule has 0 amide bonds. The molecule has 4 heteroatoms. The van der Waals surface area contributed by atoms with E-state index in [4.69, 9.17) is 0 Å². The van der Waals surface area contributed by atoms with Gasteiger partial charge in [-0.25, -0.2) is 9.97 Å². The van der Waals surface area contributed by atoms with Gasteiger partial charge in [0, 0.05) is 24.6 Å². The molecule has 0 N–H and O–H groups in total. The van der Waals surface area contributed by atoms with Crippen LogP contribution in [0.1, 0.15) is 6.92 Å². The summed E-state index contributed by atoms with van der Waals surface area (Å²) in [6.45, 7) is 2.96. The zero-order valence-electron chi connectivity index (χ0n) is 10.7. The van der Waals surface area contributed by atoms with Gasteiger partial charge in [-0.05, 0) is 31.2 Å². The molecule has 0 atom stereocenters. The number of hydrogen-bond donors (Lipinski definition) is 0. The lowest BCUT2D eigenvalue weighted by molar-refractivity contribution is 0.992. The van der Waals surface area contributed by atoms with Gasteiger partial charge in [0.25, 0.3) is 0 Å². The fourth-order valence-electron chi connectivity index (χ4n) is 2.08. The molecule has 3 aromatic rings. The van der Waals surface area contributed by atoms with Crippen molar-refractivity contribution in [3.05, 3.63) is 54.9 Å². The number of hydrogen-bond acceptors (Lipinski definition) is 4. The molecule has 0 saturated carbocycles. The van der Waals surface area contributed by atoms with Crippen LogP contribution in [0.15, 0.2) is 54.9 Å². The van der Waals surface area contributed by atoms with Gasteiger partial charge in [-0.1, -0.05) is 18.2 Å². The average molecular weight is 250 g/mol. The van der Waals surface area contributed by atoms with Gasteiger partial charge in [0.2, 0.25) is 0 Å². The highest BCUT2D eigenvalue weighted by Crippen LogP contribution is 2.23.